The van der Waals surface area contributed by atoms with Crippen LogP contribution in [-0.4, -0.2) is 19.0 Å². The van der Waals surface area contributed by atoms with Crippen LogP contribution < -0.4 is 0 Å². The predicted molar refractivity (Wildman–Crippen MR) is 74.3 cm³/mol. The molecule has 0 radical (unpaired) electrons. The second-order valence-corrected chi connectivity index (χ2v) is 4.77. The van der Waals surface area contributed by atoms with E-state index >= 15 is 0 Å². The standard InChI is InChI=1S/C15H32O2/c1-5-9-10-11-12-15(8-4,16-13-6-2)17-14-7-3/h5-14H2,1-4H3. The van der Waals surface area contributed by atoms with Gasteiger partial charge in [0.25, 0.3) is 0 Å². The monoisotopic (exact) mass is 244 g/mol. The van der Waals surface area contributed by atoms with E-state index in [2.05, 4.69) is 27.7 Å². The van der Waals surface area contributed by atoms with Crippen molar-refractivity contribution in [1.82, 2.24) is 0 Å². The van der Waals surface area contributed by atoms with Crippen molar-refractivity contribution in [1.29, 1.82) is 0 Å². The Morgan fingerprint density at radius 1 is 0.706 bits per heavy atom. The molecule has 104 valence electrons. The summed E-state index contributed by atoms with van der Waals surface area (Å²) in [6.45, 7) is 10.3. The summed E-state index contributed by atoms with van der Waals surface area (Å²) in [4.78, 5) is 0. The van der Waals surface area contributed by atoms with Crippen LogP contribution in [-0.2, 0) is 9.47 Å². The summed E-state index contributed by atoms with van der Waals surface area (Å²) in [5, 5.41) is 0. The highest BCUT2D eigenvalue weighted by molar-refractivity contribution is 4.68. The van der Waals surface area contributed by atoms with Gasteiger partial charge in [0.1, 0.15) is 0 Å². The summed E-state index contributed by atoms with van der Waals surface area (Å²) in [5.74, 6) is -0.306. The number of hydrogen-bond acceptors (Lipinski definition) is 2. The van der Waals surface area contributed by atoms with Gasteiger partial charge in [-0.05, 0) is 25.7 Å². The van der Waals surface area contributed by atoms with Gasteiger partial charge in [0.15, 0.2) is 5.79 Å². The van der Waals surface area contributed by atoms with Crippen molar-refractivity contribution in [3.8, 4) is 0 Å². The van der Waals surface area contributed by atoms with Crippen molar-refractivity contribution >= 4 is 0 Å². The fourth-order valence-corrected chi connectivity index (χ4v) is 1.96. The first-order chi connectivity index (χ1) is 8.24. The molecule has 17 heavy (non-hydrogen) atoms. The second kappa shape index (κ2) is 11.0. The molecule has 0 aromatic rings. The summed E-state index contributed by atoms with van der Waals surface area (Å²) in [7, 11) is 0. The van der Waals surface area contributed by atoms with Gasteiger partial charge in [-0.15, -0.1) is 0 Å². The van der Waals surface area contributed by atoms with E-state index in [1.807, 2.05) is 0 Å². The van der Waals surface area contributed by atoms with Gasteiger partial charge in [-0.25, -0.2) is 0 Å². The zero-order valence-corrected chi connectivity index (χ0v) is 12.4. The summed E-state index contributed by atoms with van der Waals surface area (Å²) >= 11 is 0. The van der Waals surface area contributed by atoms with Gasteiger partial charge in [-0.2, -0.15) is 0 Å². The normalized spacial score (nSPS) is 12.0. The van der Waals surface area contributed by atoms with E-state index in [0.29, 0.717) is 0 Å². The molecule has 0 aliphatic heterocycles. The molecular weight excluding hydrogens is 212 g/mol. The van der Waals surface area contributed by atoms with Crippen LogP contribution in [0.15, 0.2) is 0 Å². The molecule has 0 aliphatic carbocycles. The molecule has 0 fully saturated rings. The molecule has 0 heterocycles. The van der Waals surface area contributed by atoms with Gasteiger partial charge in [0.2, 0.25) is 0 Å². The Labute approximate surface area is 108 Å². The van der Waals surface area contributed by atoms with Crippen LogP contribution in [0.5, 0.6) is 0 Å². The molecule has 0 saturated heterocycles. The lowest BCUT2D eigenvalue weighted by Crippen LogP contribution is -2.36. The van der Waals surface area contributed by atoms with E-state index in [9.17, 15) is 0 Å². The molecular formula is C15H32O2. The lowest BCUT2D eigenvalue weighted by atomic mass is 10.0. The van der Waals surface area contributed by atoms with Crippen LogP contribution in [0.1, 0.15) is 79.1 Å². The Balaban J connectivity index is 4.12. The van der Waals surface area contributed by atoms with E-state index in [1.54, 1.807) is 0 Å². The smallest absolute Gasteiger partial charge is 0.168 e. The van der Waals surface area contributed by atoms with Gasteiger partial charge in [-0.3, -0.25) is 0 Å². The minimum absolute atomic E-state index is 0.306. The van der Waals surface area contributed by atoms with Crippen LogP contribution in [0.3, 0.4) is 0 Å². The maximum absolute atomic E-state index is 5.99. The molecule has 0 aliphatic rings. The van der Waals surface area contributed by atoms with Gasteiger partial charge in [0, 0.05) is 19.6 Å². The van der Waals surface area contributed by atoms with E-state index in [4.69, 9.17) is 9.47 Å². The minimum Gasteiger partial charge on any atom is -0.350 e. The quantitative estimate of drug-likeness (QED) is 0.358. The average molecular weight is 244 g/mol. The maximum atomic E-state index is 5.99. The highest BCUT2D eigenvalue weighted by atomic mass is 16.7. The summed E-state index contributed by atoms with van der Waals surface area (Å²) in [6, 6.07) is 0. The number of unbranched alkanes of at least 4 members (excludes halogenated alkanes) is 3. The zero-order chi connectivity index (χ0) is 13.0. The van der Waals surface area contributed by atoms with Gasteiger partial charge in [0.05, 0.1) is 0 Å². The SMILES string of the molecule is CCCCCCC(CC)(OCCC)OCCC. The molecule has 0 unspecified atom stereocenters. The first-order valence-corrected chi connectivity index (χ1v) is 7.52. The number of rotatable bonds is 12. The van der Waals surface area contributed by atoms with Crippen LogP contribution in [0.4, 0.5) is 0 Å². The molecule has 0 amide bonds. The van der Waals surface area contributed by atoms with E-state index in [-0.39, 0.29) is 5.79 Å². The molecule has 0 bridgehead atoms. The first-order valence-electron chi connectivity index (χ1n) is 7.52. The van der Waals surface area contributed by atoms with Gasteiger partial charge < -0.3 is 9.47 Å². The largest absolute Gasteiger partial charge is 0.350 e. The third kappa shape index (κ3) is 7.77. The Bertz CT molecular complexity index is 149. The van der Waals surface area contributed by atoms with Gasteiger partial charge >= 0.3 is 0 Å². The predicted octanol–water partition coefficient (Wildman–Crippen LogP) is 4.92. The maximum Gasteiger partial charge on any atom is 0.168 e. The highest BCUT2D eigenvalue weighted by Crippen LogP contribution is 2.26. The zero-order valence-electron chi connectivity index (χ0n) is 12.4. The Morgan fingerprint density at radius 2 is 1.29 bits per heavy atom. The molecule has 0 aromatic heterocycles. The van der Waals surface area contributed by atoms with Crippen molar-refractivity contribution in [2.24, 2.45) is 0 Å². The van der Waals surface area contributed by atoms with Crippen LogP contribution >= 0.6 is 0 Å². The molecule has 2 nitrogen and oxygen atoms in total. The molecule has 0 N–H and O–H groups in total. The Morgan fingerprint density at radius 3 is 1.71 bits per heavy atom. The molecule has 0 atom stereocenters. The fourth-order valence-electron chi connectivity index (χ4n) is 1.96. The van der Waals surface area contributed by atoms with Crippen molar-refractivity contribution in [2.45, 2.75) is 84.8 Å². The molecule has 2 heteroatoms. The summed E-state index contributed by atoms with van der Waals surface area (Å²) in [6.07, 6.45) is 9.24. The molecule has 0 aromatic carbocycles. The van der Waals surface area contributed by atoms with E-state index < -0.39 is 0 Å². The van der Waals surface area contributed by atoms with Crippen molar-refractivity contribution < 1.29 is 9.47 Å². The third-order valence-electron chi connectivity index (χ3n) is 3.09. The molecule has 0 saturated carbocycles. The van der Waals surface area contributed by atoms with Crippen LogP contribution in [0.25, 0.3) is 0 Å². The van der Waals surface area contributed by atoms with E-state index in [1.165, 1.54) is 25.7 Å². The van der Waals surface area contributed by atoms with Crippen LogP contribution in [0, 0.1) is 0 Å². The third-order valence-corrected chi connectivity index (χ3v) is 3.09. The second-order valence-electron chi connectivity index (χ2n) is 4.77. The minimum atomic E-state index is -0.306. The Kier molecular flexibility index (Phi) is 11.0. The average Bonchev–Trinajstić information content (AvgIpc) is 2.37. The van der Waals surface area contributed by atoms with Gasteiger partial charge in [-0.1, -0.05) is 47.0 Å². The fraction of sp³-hybridized carbons (Fsp3) is 1.00. The highest BCUT2D eigenvalue weighted by Gasteiger charge is 2.28. The van der Waals surface area contributed by atoms with Crippen LogP contribution in [0.2, 0.25) is 0 Å². The number of ether oxygens (including phenoxy) is 2. The number of hydrogen-bond donors (Lipinski definition) is 0. The van der Waals surface area contributed by atoms with Crippen molar-refractivity contribution in [3.05, 3.63) is 0 Å². The summed E-state index contributed by atoms with van der Waals surface area (Å²) < 4.78 is 12.0. The topological polar surface area (TPSA) is 18.5 Å². The van der Waals surface area contributed by atoms with Crippen molar-refractivity contribution in [3.63, 3.8) is 0 Å². The Hall–Kier alpha value is -0.0800. The molecule has 0 spiro atoms. The molecule has 0 rings (SSSR count). The summed E-state index contributed by atoms with van der Waals surface area (Å²) in [5.41, 5.74) is 0. The van der Waals surface area contributed by atoms with E-state index in [0.717, 1.165) is 38.9 Å². The lowest BCUT2D eigenvalue weighted by Gasteiger charge is -2.33. The first kappa shape index (κ1) is 16.9. The van der Waals surface area contributed by atoms with Crippen molar-refractivity contribution in [2.75, 3.05) is 13.2 Å². The lowest BCUT2D eigenvalue weighted by molar-refractivity contribution is -0.243.